The smallest absolute Gasteiger partial charge is 0.245 e. The minimum absolute atomic E-state index is 0.00327. The third-order valence-electron chi connectivity index (χ3n) is 9.36. The van der Waals surface area contributed by atoms with Crippen LogP contribution in [0, 0.1) is 11.8 Å². The fourth-order valence-electron chi connectivity index (χ4n) is 6.27. The molecule has 11 N–H and O–H groups in total. The molecule has 2 aromatic rings. The van der Waals surface area contributed by atoms with Crippen molar-refractivity contribution in [3.05, 3.63) is 59.7 Å². The summed E-state index contributed by atoms with van der Waals surface area (Å²) in [5.74, 6) is -4.86. The third kappa shape index (κ3) is 13.5. The van der Waals surface area contributed by atoms with Gasteiger partial charge in [-0.3, -0.25) is 33.6 Å². The molecule has 17 nitrogen and oxygen atoms in total. The molecule has 7 amide bonds. The molecule has 0 aromatic heterocycles. The molecule has 0 unspecified atom stereocenters. The van der Waals surface area contributed by atoms with Gasteiger partial charge in [0.1, 0.15) is 41.7 Å². The molecule has 0 spiro atoms. The number of phenolic OH excluding ortho intramolecular Hbond substituents is 2. The summed E-state index contributed by atoms with van der Waals surface area (Å²) in [6.45, 7) is 8.29. The lowest BCUT2D eigenvalue weighted by Gasteiger charge is -2.30. The lowest BCUT2D eigenvalue weighted by atomic mass is 10.00. The molecule has 1 fully saturated rings. The molecule has 3 rings (SSSR count). The zero-order valence-electron chi connectivity index (χ0n) is 32.5. The fourth-order valence-corrected chi connectivity index (χ4v) is 6.27. The average molecular weight is 781 g/mol. The van der Waals surface area contributed by atoms with Crippen LogP contribution in [0.15, 0.2) is 48.5 Å². The van der Waals surface area contributed by atoms with Gasteiger partial charge in [-0.25, -0.2) is 0 Å². The maximum absolute atomic E-state index is 13.8. The Morgan fingerprint density at radius 1 is 0.732 bits per heavy atom. The Hall–Kier alpha value is -5.71. The summed E-state index contributed by atoms with van der Waals surface area (Å²) < 4.78 is 0. The number of hydrogen-bond acceptors (Lipinski definition) is 10. The Bertz CT molecular complexity index is 1700. The van der Waals surface area contributed by atoms with Gasteiger partial charge in [-0.2, -0.15) is 0 Å². The van der Waals surface area contributed by atoms with Gasteiger partial charge in [0.25, 0.3) is 0 Å². The van der Waals surface area contributed by atoms with Gasteiger partial charge >= 0.3 is 0 Å². The van der Waals surface area contributed by atoms with E-state index in [4.69, 9.17) is 11.5 Å². The first kappa shape index (κ1) is 44.7. The van der Waals surface area contributed by atoms with Crippen LogP contribution < -0.4 is 38.1 Å². The lowest BCUT2D eigenvalue weighted by molar-refractivity contribution is -0.141. The summed E-state index contributed by atoms with van der Waals surface area (Å²) in [4.78, 5) is 93.1. The molecule has 0 saturated carbocycles. The number of nitrogens with zero attached hydrogens (tertiary/aromatic N) is 1. The highest BCUT2D eigenvalue weighted by atomic mass is 16.3. The van der Waals surface area contributed by atoms with Crippen molar-refractivity contribution >= 4 is 41.4 Å². The number of benzene rings is 2. The first-order chi connectivity index (χ1) is 26.4. The highest BCUT2D eigenvalue weighted by Crippen LogP contribution is 2.20. The average Bonchev–Trinajstić information content (AvgIpc) is 3.64. The molecule has 6 atom stereocenters. The minimum Gasteiger partial charge on any atom is -0.508 e. The number of rotatable bonds is 19. The molecule has 1 heterocycles. The van der Waals surface area contributed by atoms with Crippen LogP contribution in [0.25, 0.3) is 0 Å². The second-order valence-corrected chi connectivity index (χ2v) is 14.9. The Kier molecular flexibility index (Phi) is 16.6. The van der Waals surface area contributed by atoms with Crippen molar-refractivity contribution < 1.29 is 43.8 Å². The molecule has 2 aromatic carbocycles. The van der Waals surface area contributed by atoms with E-state index >= 15 is 0 Å². The highest BCUT2D eigenvalue weighted by Gasteiger charge is 2.38. The van der Waals surface area contributed by atoms with Crippen molar-refractivity contribution in [2.45, 2.75) is 103 Å². The number of carbonyl (C=O) groups is 7. The predicted molar refractivity (Wildman–Crippen MR) is 206 cm³/mol. The number of amides is 7. The number of hydrogen-bond donors (Lipinski definition) is 9. The molecular weight excluding hydrogens is 724 g/mol. The molecule has 0 aliphatic carbocycles. The van der Waals surface area contributed by atoms with Crippen LogP contribution in [-0.4, -0.2) is 106 Å². The van der Waals surface area contributed by atoms with Crippen LogP contribution in [0.1, 0.15) is 65.0 Å². The fraction of sp³-hybridized carbons (Fsp3) is 0.513. The Morgan fingerprint density at radius 2 is 1.30 bits per heavy atom. The zero-order chi connectivity index (χ0) is 41.7. The number of likely N-dealkylation sites (tertiary alicyclic amines) is 1. The van der Waals surface area contributed by atoms with Crippen molar-refractivity contribution in [1.82, 2.24) is 31.5 Å². The van der Waals surface area contributed by atoms with Crippen molar-refractivity contribution in [1.29, 1.82) is 0 Å². The summed E-state index contributed by atoms with van der Waals surface area (Å²) >= 11 is 0. The van der Waals surface area contributed by atoms with E-state index in [0.717, 1.165) is 0 Å². The van der Waals surface area contributed by atoms with Gasteiger partial charge in [0.15, 0.2) is 0 Å². The van der Waals surface area contributed by atoms with E-state index in [1.54, 1.807) is 38.1 Å². The van der Waals surface area contributed by atoms with Crippen LogP contribution in [0.3, 0.4) is 0 Å². The third-order valence-corrected chi connectivity index (χ3v) is 9.36. The second kappa shape index (κ2) is 20.8. The Labute approximate surface area is 326 Å². The highest BCUT2D eigenvalue weighted by molar-refractivity contribution is 5.96. The van der Waals surface area contributed by atoms with E-state index in [9.17, 15) is 43.8 Å². The van der Waals surface area contributed by atoms with Gasteiger partial charge < -0.3 is 53.2 Å². The summed E-state index contributed by atoms with van der Waals surface area (Å²) in [6.07, 6.45) is 1.38. The molecule has 1 aliphatic heterocycles. The summed E-state index contributed by atoms with van der Waals surface area (Å²) in [5, 5.41) is 32.2. The van der Waals surface area contributed by atoms with Crippen LogP contribution in [-0.2, 0) is 46.4 Å². The SMILES string of the molecule is CC(C)C[C@@H](NC(=O)[C@@H](Cc1ccc(O)cc1)NC(=O)CNC(=O)[C@H](NC(=O)[C@@H](C)NC(=O)[C@H](N)Cc1ccc(O)cc1)C(C)C)C(=O)N1CCC[C@@H]1C(N)=O. The molecule has 306 valence electrons. The van der Waals surface area contributed by atoms with E-state index in [-0.39, 0.29) is 36.7 Å². The van der Waals surface area contributed by atoms with E-state index in [1.165, 1.54) is 36.1 Å². The second-order valence-electron chi connectivity index (χ2n) is 14.9. The van der Waals surface area contributed by atoms with Gasteiger partial charge in [-0.15, -0.1) is 0 Å². The van der Waals surface area contributed by atoms with E-state index in [1.807, 2.05) is 13.8 Å². The molecule has 0 bridgehead atoms. The van der Waals surface area contributed by atoms with Crippen molar-refractivity contribution in [3.63, 3.8) is 0 Å². The summed E-state index contributed by atoms with van der Waals surface area (Å²) in [6, 6.07) is 6.01. The number of nitrogens with one attached hydrogen (secondary N) is 5. The number of aromatic hydroxyl groups is 2. The lowest BCUT2D eigenvalue weighted by Crippen LogP contribution is -2.58. The first-order valence-corrected chi connectivity index (χ1v) is 18.8. The summed E-state index contributed by atoms with van der Waals surface area (Å²) in [5.41, 5.74) is 12.9. The standard InChI is InChI=1S/C39H56N8O9/c1-21(2)17-30(39(56)47-16-6-7-31(47)34(41)51)45-37(54)29(19-25-10-14-27(49)15-11-25)44-32(50)20-42-38(55)33(22(3)4)46-35(52)23(5)43-36(53)28(40)18-24-8-12-26(48)13-9-24/h8-15,21-23,28-31,33,48-49H,6-7,16-20,40H2,1-5H3,(H2,41,51)(H,42,55)(H,43,53)(H,44,50)(H,45,54)(H,46,52)/t23-,28-,29-,30-,31-,33-/m1/s1. The summed E-state index contributed by atoms with van der Waals surface area (Å²) in [7, 11) is 0. The van der Waals surface area contributed by atoms with Gasteiger partial charge in [-0.05, 0) is 79.8 Å². The van der Waals surface area contributed by atoms with Gasteiger partial charge in [0.2, 0.25) is 41.4 Å². The quantitative estimate of drug-likeness (QED) is 0.0879. The molecular formula is C39H56N8O9. The number of nitrogens with two attached hydrogens (primary N) is 2. The topological polar surface area (TPSA) is 275 Å². The van der Waals surface area contributed by atoms with E-state index < -0.39 is 90.1 Å². The first-order valence-electron chi connectivity index (χ1n) is 18.8. The van der Waals surface area contributed by atoms with Gasteiger partial charge in [0.05, 0.1) is 12.6 Å². The van der Waals surface area contributed by atoms with Crippen LogP contribution in [0.4, 0.5) is 0 Å². The number of phenols is 2. The normalized spacial score (nSPS) is 16.6. The van der Waals surface area contributed by atoms with Crippen LogP contribution in [0.5, 0.6) is 11.5 Å². The van der Waals surface area contributed by atoms with Crippen molar-refractivity contribution in [3.8, 4) is 11.5 Å². The zero-order valence-corrected chi connectivity index (χ0v) is 32.5. The Morgan fingerprint density at radius 3 is 1.84 bits per heavy atom. The molecule has 1 saturated heterocycles. The predicted octanol–water partition coefficient (Wildman–Crippen LogP) is -0.536. The van der Waals surface area contributed by atoms with Crippen molar-refractivity contribution in [2.24, 2.45) is 23.3 Å². The molecule has 56 heavy (non-hydrogen) atoms. The molecule has 1 aliphatic rings. The van der Waals surface area contributed by atoms with E-state index in [0.29, 0.717) is 30.5 Å². The number of carbonyl (C=O) groups excluding carboxylic acids is 7. The largest absolute Gasteiger partial charge is 0.508 e. The molecule has 0 radical (unpaired) electrons. The van der Waals surface area contributed by atoms with Gasteiger partial charge in [0, 0.05) is 13.0 Å². The van der Waals surface area contributed by atoms with E-state index in [2.05, 4.69) is 26.6 Å². The molecule has 17 heteroatoms. The van der Waals surface area contributed by atoms with Gasteiger partial charge in [-0.1, -0.05) is 52.0 Å². The van der Waals surface area contributed by atoms with Crippen LogP contribution >= 0.6 is 0 Å². The Balaban J connectivity index is 1.65. The maximum Gasteiger partial charge on any atom is 0.245 e. The monoisotopic (exact) mass is 780 g/mol. The maximum atomic E-state index is 13.8. The minimum atomic E-state index is -1.22. The van der Waals surface area contributed by atoms with Crippen molar-refractivity contribution in [2.75, 3.05) is 13.1 Å². The number of primary amides is 1. The van der Waals surface area contributed by atoms with Crippen LogP contribution in [0.2, 0.25) is 0 Å².